The van der Waals surface area contributed by atoms with Gasteiger partial charge in [-0.05, 0) is 65.2 Å². The lowest BCUT2D eigenvalue weighted by Gasteiger charge is -2.49. The summed E-state index contributed by atoms with van der Waals surface area (Å²) in [4.78, 5) is 62.0. The van der Waals surface area contributed by atoms with Crippen molar-refractivity contribution in [3.05, 3.63) is 137 Å². The number of thioether (sulfide) groups is 1. The summed E-state index contributed by atoms with van der Waals surface area (Å²) >= 11 is 1.11. The van der Waals surface area contributed by atoms with Crippen LogP contribution in [-0.2, 0) is 31.1 Å². The summed E-state index contributed by atoms with van der Waals surface area (Å²) in [5.74, 6) is -3.82. The second kappa shape index (κ2) is 15.6. The molecule has 1 aliphatic heterocycles. The zero-order valence-electron chi connectivity index (χ0n) is 25.9. The van der Waals surface area contributed by atoms with Crippen LogP contribution in [0.25, 0.3) is 0 Å². The van der Waals surface area contributed by atoms with Crippen LogP contribution in [0.1, 0.15) is 27.0 Å². The van der Waals surface area contributed by atoms with E-state index in [2.05, 4.69) is 16.0 Å². The van der Waals surface area contributed by atoms with E-state index in [0.717, 1.165) is 17.3 Å². The maximum Gasteiger partial charge on any atom is 0.326 e. The summed E-state index contributed by atoms with van der Waals surface area (Å²) in [6.07, 6.45) is 0.0780. The molecule has 49 heavy (non-hydrogen) atoms. The molecule has 1 saturated heterocycles. The standard InChI is InChI=1S/C36H31F2N3O7S/c37-26-12-6-23(7-13-26)30(42)21-49-33-34(45)41-36(33,24-8-14-27(38)15-9-24)25-10-16-28(17-11-25)48-20-32(44)39-19-31(43)40-29(35(46)47)18-22-4-2-1-3-5-22/h1-17,29,33H,18-21H2,(H,39,44)(H,40,43)(H,41,45)(H,46,47)/t29-,33-,36-/m0/s1. The number of ketones is 1. The van der Waals surface area contributed by atoms with Gasteiger partial charge in [-0.3, -0.25) is 19.2 Å². The first-order chi connectivity index (χ1) is 23.5. The number of β-lactam (4-membered cyclic amide) rings is 1. The van der Waals surface area contributed by atoms with Crippen LogP contribution in [0.2, 0.25) is 0 Å². The number of halogens is 2. The van der Waals surface area contributed by atoms with Crippen LogP contribution in [0, 0.1) is 11.6 Å². The first-order valence-electron chi connectivity index (χ1n) is 15.1. The molecule has 1 fully saturated rings. The van der Waals surface area contributed by atoms with E-state index in [1.807, 2.05) is 0 Å². The summed E-state index contributed by atoms with van der Waals surface area (Å²) in [7, 11) is 0. The van der Waals surface area contributed by atoms with Gasteiger partial charge in [-0.2, -0.15) is 0 Å². The number of ether oxygens (including phenoxy) is 1. The van der Waals surface area contributed by atoms with Crippen molar-refractivity contribution >= 4 is 41.2 Å². The number of carbonyl (C=O) groups is 5. The second-order valence-electron chi connectivity index (χ2n) is 11.2. The van der Waals surface area contributed by atoms with Crippen molar-refractivity contribution in [3.63, 3.8) is 0 Å². The van der Waals surface area contributed by atoms with Gasteiger partial charge in [-0.25, -0.2) is 13.6 Å². The van der Waals surface area contributed by atoms with Crippen molar-refractivity contribution in [1.29, 1.82) is 0 Å². The molecule has 0 saturated carbocycles. The molecule has 5 rings (SSSR count). The van der Waals surface area contributed by atoms with Crippen LogP contribution in [-0.4, -0.2) is 64.8 Å². The van der Waals surface area contributed by atoms with Crippen LogP contribution in [0.5, 0.6) is 5.75 Å². The van der Waals surface area contributed by atoms with Crippen LogP contribution >= 0.6 is 11.8 Å². The lowest BCUT2D eigenvalue weighted by molar-refractivity contribution is -0.141. The normalized spacial score (nSPS) is 17.2. The Kier molecular flexibility index (Phi) is 11.0. The van der Waals surface area contributed by atoms with Crippen molar-refractivity contribution in [2.45, 2.75) is 23.3 Å². The van der Waals surface area contributed by atoms with Crippen molar-refractivity contribution in [3.8, 4) is 5.75 Å². The Labute approximate surface area is 284 Å². The van der Waals surface area contributed by atoms with E-state index < -0.39 is 59.4 Å². The molecular weight excluding hydrogens is 656 g/mol. The molecule has 1 heterocycles. The number of carbonyl (C=O) groups excluding carboxylic acids is 4. The Bertz CT molecular complexity index is 1820. The highest BCUT2D eigenvalue weighted by molar-refractivity contribution is 8.01. The van der Waals surface area contributed by atoms with E-state index in [1.54, 1.807) is 66.7 Å². The van der Waals surface area contributed by atoms with Crippen LogP contribution < -0.4 is 20.7 Å². The number of amides is 3. The number of hydrogen-bond acceptors (Lipinski definition) is 7. The number of hydrogen-bond donors (Lipinski definition) is 4. The minimum absolute atomic E-state index is 0.0645. The van der Waals surface area contributed by atoms with E-state index in [4.69, 9.17) is 4.74 Å². The van der Waals surface area contributed by atoms with Gasteiger partial charge in [0, 0.05) is 12.0 Å². The number of rotatable bonds is 15. The number of aliphatic carboxylic acids is 1. The zero-order chi connectivity index (χ0) is 35.0. The topological polar surface area (TPSA) is 151 Å². The number of carboxylic acid groups (broad SMARTS) is 1. The predicted molar refractivity (Wildman–Crippen MR) is 177 cm³/mol. The minimum atomic E-state index is -1.21. The fraction of sp³-hybridized carbons (Fsp3) is 0.194. The van der Waals surface area contributed by atoms with Gasteiger partial charge in [0.15, 0.2) is 12.4 Å². The molecule has 4 N–H and O–H groups in total. The molecule has 0 radical (unpaired) electrons. The molecule has 13 heteroatoms. The summed E-state index contributed by atoms with van der Waals surface area (Å²) in [6, 6.07) is 24.9. The molecule has 3 atom stereocenters. The monoisotopic (exact) mass is 687 g/mol. The SMILES string of the molecule is O=C(COc1ccc([C@]2(c3ccc(F)cc3)NC(=O)[C@@H]2SCC(=O)c2ccc(F)cc2)cc1)NCC(=O)N[C@@H](Cc1ccccc1)C(=O)O. The maximum absolute atomic E-state index is 13.9. The van der Waals surface area contributed by atoms with Crippen molar-refractivity contribution in [2.75, 3.05) is 18.9 Å². The molecule has 0 aliphatic carbocycles. The summed E-state index contributed by atoms with van der Waals surface area (Å²) in [5, 5.41) is 16.4. The molecule has 3 amide bonds. The van der Waals surface area contributed by atoms with Crippen LogP contribution in [0.4, 0.5) is 8.78 Å². The number of benzene rings is 4. The Morgan fingerprint density at radius 3 is 2.02 bits per heavy atom. The fourth-order valence-corrected chi connectivity index (χ4v) is 6.61. The Balaban J connectivity index is 1.19. The van der Waals surface area contributed by atoms with Gasteiger partial charge >= 0.3 is 5.97 Å². The smallest absolute Gasteiger partial charge is 0.326 e. The third-order valence-electron chi connectivity index (χ3n) is 7.84. The quantitative estimate of drug-likeness (QED) is 0.109. The highest BCUT2D eigenvalue weighted by atomic mass is 32.2. The van der Waals surface area contributed by atoms with E-state index in [-0.39, 0.29) is 23.9 Å². The van der Waals surface area contributed by atoms with Gasteiger partial charge in [0.25, 0.3) is 5.91 Å². The molecule has 0 spiro atoms. The molecule has 0 aromatic heterocycles. The van der Waals surface area contributed by atoms with E-state index in [0.29, 0.717) is 22.4 Å². The Hall–Kier alpha value is -5.56. The fourth-order valence-electron chi connectivity index (χ4n) is 5.34. The van der Waals surface area contributed by atoms with Gasteiger partial charge in [0.05, 0.1) is 12.3 Å². The molecule has 0 unspecified atom stereocenters. The van der Waals surface area contributed by atoms with Gasteiger partial charge < -0.3 is 25.8 Å². The highest BCUT2D eigenvalue weighted by Gasteiger charge is 2.56. The van der Waals surface area contributed by atoms with E-state index in [9.17, 15) is 37.9 Å². The number of carboxylic acids is 1. The molecular formula is C36H31F2N3O7S. The first-order valence-corrected chi connectivity index (χ1v) is 16.1. The third-order valence-corrected chi connectivity index (χ3v) is 9.17. The van der Waals surface area contributed by atoms with Crippen molar-refractivity contribution < 1.29 is 42.6 Å². The first kappa shape index (κ1) is 34.8. The molecule has 10 nitrogen and oxygen atoms in total. The lowest BCUT2D eigenvalue weighted by atomic mass is 9.74. The Morgan fingerprint density at radius 2 is 1.43 bits per heavy atom. The molecule has 252 valence electrons. The van der Waals surface area contributed by atoms with Crippen molar-refractivity contribution in [1.82, 2.24) is 16.0 Å². The van der Waals surface area contributed by atoms with E-state index >= 15 is 0 Å². The number of nitrogens with one attached hydrogen (secondary N) is 3. The molecule has 4 aromatic rings. The Morgan fingerprint density at radius 1 is 0.837 bits per heavy atom. The third kappa shape index (κ3) is 8.49. The van der Waals surface area contributed by atoms with Crippen LogP contribution in [0.3, 0.4) is 0 Å². The average molecular weight is 688 g/mol. The van der Waals surface area contributed by atoms with Crippen LogP contribution in [0.15, 0.2) is 103 Å². The molecule has 1 aliphatic rings. The second-order valence-corrected chi connectivity index (χ2v) is 12.3. The van der Waals surface area contributed by atoms with Crippen molar-refractivity contribution in [2.24, 2.45) is 0 Å². The van der Waals surface area contributed by atoms with Gasteiger partial charge in [0.2, 0.25) is 11.8 Å². The maximum atomic E-state index is 13.9. The highest BCUT2D eigenvalue weighted by Crippen LogP contribution is 2.46. The van der Waals surface area contributed by atoms with Gasteiger partial charge in [0.1, 0.15) is 34.2 Å². The molecule has 4 aromatic carbocycles. The van der Waals surface area contributed by atoms with Gasteiger partial charge in [-0.15, -0.1) is 11.8 Å². The molecule has 0 bridgehead atoms. The van der Waals surface area contributed by atoms with E-state index in [1.165, 1.54) is 36.4 Å². The lowest BCUT2D eigenvalue weighted by Crippen LogP contribution is -2.69. The number of Topliss-reactive ketones (excluding diaryl/α,β-unsaturated/α-hetero) is 1. The summed E-state index contributed by atoms with van der Waals surface area (Å²) in [6.45, 7) is -0.898. The predicted octanol–water partition coefficient (Wildman–Crippen LogP) is 3.63. The summed E-state index contributed by atoms with van der Waals surface area (Å²) < 4.78 is 32.8. The average Bonchev–Trinajstić information content (AvgIpc) is 3.09. The summed E-state index contributed by atoms with van der Waals surface area (Å²) in [5.41, 5.74) is 1.12. The zero-order valence-corrected chi connectivity index (χ0v) is 26.7. The largest absolute Gasteiger partial charge is 0.484 e. The van der Waals surface area contributed by atoms with Gasteiger partial charge in [-0.1, -0.05) is 54.6 Å². The minimum Gasteiger partial charge on any atom is -0.484 e.